The van der Waals surface area contributed by atoms with Crippen LogP contribution >= 0.6 is 0 Å². The van der Waals surface area contributed by atoms with Crippen LogP contribution < -0.4 is 0 Å². The molecule has 2 aliphatic carbocycles. The number of esters is 2. The molecule has 10 heteroatoms. The van der Waals surface area contributed by atoms with Crippen molar-refractivity contribution in [2.45, 2.75) is 192 Å². The first-order valence-electron chi connectivity index (χ1n) is 20.9. The summed E-state index contributed by atoms with van der Waals surface area (Å²) in [6.07, 6.45) is 23.4. The molecule has 0 spiro atoms. The Morgan fingerprint density at radius 2 is 0.981 bits per heavy atom. The zero-order valence-corrected chi connectivity index (χ0v) is 34.6. The van der Waals surface area contributed by atoms with Gasteiger partial charge in [0.25, 0.3) is 0 Å². The molecule has 2 rings (SSSR count). The van der Waals surface area contributed by atoms with Crippen molar-refractivity contribution >= 4 is 23.5 Å². The van der Waals surface area contributed by atoms with Gasteiger partial charge in [0.2, 0.25) is 0 Å². The first-order valence-corrected chi connectivity index (χ1v) is 20.9. The minimum absolute atomic E-state index is 0.127. The maximum atomic E-state index is 12.2. The van der Waals surface area contributed by atoms with Crippen LogP contribution in [0.1, 0.15) is 169 Å². The monoisotopic (exact) mass is 765 g/mol. The minimum Gasteiger partial charge on any atom is -0.469 e. The van der Waals surface area contributed by atoms with Crippen molar-refractivity contribution in [1.82, 2.24) is 0 Å². The average Bonchev–Trinajstić information content (AvgIpc) is 3.55. The van der Waals surface area contributed by atoms with Gasteiger partial charge >= 0.3 is 11.9 Å². The van der Waals surface area contributed by atoms with Crippen molar-refractivity contribution in [3.8, 4) is 0 Å². The van der Waals surface area contributed by atoms with Gasteiger partial charge in [-0.25, -0.2) is 0 Å². The van der Waals surface area contributed by atoms with Crippen molar-refractivity contribution in [3.05, 3.63) is 24.3 Å². The number of hydrogen-bond acceptors (Lipinski definition) is 10. The molecule has 54 heavy (non-hydrogen) atoms. The largest absolute Gasteiger partial charge is 0.469 e. The van der Waals surface area contributed by atoms with Gasteiger partial charge in [0.05, 0.1) is 37.6 Å². The van der Waals surface area contributed by atoms with Gasteiger partial charge in [0, 0.05) is 49.4 Å². The quantitative estimate of drug-likeness (QED) is 0.0386. The molecule has 0 aromatic rings. The topological polar surface area (TPSA) is 168 Å². The fourth-order valence-electron chi connectivity index (χ4n) is 7.64. The smallest absolute Gasteiger partial charge is 0.305 e. The molecule has 2 saturated carbocycles. The number of aliphatic hydroxyl groups excluding tert-OH is 2. The fourth-order valence-corrected chi connectivity index (χ4v) is 7.64. The summed E-state index contributed by atoms with van der Waals surface area (Å²) in [6.45, 7) is 7.89. The van der Waals surface area contributed by atoms with E-state index >= 15 is 0 Å². The Kier molecular flexibility index (Phi) is 25.0. The molecular weight excluding hydrogens is 688 g/mol. The van der Waals surface area contributed by atoms with Crippen LogP contribution in [0, 0.1) is 23.7 Å². The highest BCUT2D eigenvalue weighted by Crippen LogP contribution is 2.36. The normalized spacial score (nSPS) is 25.1. The van der Waals surface area contributed by atoms with E-state index in [4.69, 9.17) is 0 Å². The molecule has 0 bridgehead atoms. The van der Waals surface area contributed by atoms with E-state index in [-0.39, 0.29) is 60.0 Å². The summed E-state index contributed by atoms with van der Waals surface area (Å²) in [5.41, 5.74) is -1.45. The van der Waals surface area contributed by atoms with Crippen LogP contribution in [0.4, 0.5) is 0 Å². The lowest BCUT2D eigenvalue weighted by Gasteiger charge is -2.22. The number of Topliss-reactive ketones (excluding diaryl/α,β-unsaturated/α-hetero) is 2. The van der Waals surface area contributed by atoms with E-state index in [1.807, 2.05) is 38.2 Å². The van der Waals surface area contributed by atoms with E-state index in [0.29, 0.717) is 25.7 Å². The highest BCUT2D eigenvalue weighted by molar-refractivity contribution is 5.85. The average molecular weight is 765 g/mol. The van der Waals surface area contributed by atoms with Crippen LogP contribution in [0.2, 0.25) is 0 Å². The van der Waals surface area contributed by atoms with Gasteiger partial charge in [-0.1, -0.05) is 102 Å². The van der Waals surface area contributed by atoms with Gasteiger partial charge in [-0.15, -0.1) is 0 Å². The van der Waals surface area contributed by atoms with E-state index in [0.717, 1.165) is 103 Å². The number of carbonyl (C=O) groups excluding carboxylic acids is 4. The highest BCUT2D eigenvalue weighted by atomic mass is 16.5. The Morgan fingerprint density at radius 1 is 0.630 bits per heavy atom. The third-order valence-electron chi connectivity index (χ3n) is 11.2. The third kappa shape index (κ3) is 20.5. The molecule has 0 amide bonds. The Bertz CT molecular complexity index is 1050. The van der Waals surface area contributed by atoms with Crippen LogP contribution in [-0.2, 0) is 28.7 Å². The number of aliphatic hydroxyl groups is 4. The van der Waals surface area contributed by atoms with E-state index in [1.54, 1.807) is 0 Å². The third-order valence-corrected chi connectivity index (χ3v) is 11.2. The lowest BCUT2D eigenvalue weighted by molar-refractivity contribution is -0.141. The Hall–Kier alpha value is -2.40. The maximum Gasteiger partial charge on any atom is 0.305 e. The second-order valence-corrected chi connectivity index (χ2v) is 16.4. The number of unbranched alkanes of at least 4 members (excludes halogenated alkanes) is 8. The van der Waals surface area contributed by atoms with Crippen LogP contribution in [0.3, 0.4) is 0 Å². The van der Waals surface area contributed by atoms with E-state index < -0.39 is 23.4 Å². The molecule has 0 aliphatic heterocycles. The molecule has 2 fully saturated rings. The van der Waals surface area contributed by atoms with Gasteiger partial charge in [-0.3, -0.25) is 19.2 Å². The highest BCUT2D eigenvalue weighted by Gasteiger charge is 2.40. The number of carbonyl (C=O) groups is 4. The first kappa shape index (κ1) is 49.6. The Labute approximate surface area is 326 Å². The molecule has 2 aliphatic rings. The van der Waals surface area contributed by atoms with Crippen LogP contribution in [0.15, 0.2) is 24.3 Å². The molecule has 312 valence electrons. The van der Waals surface area contributed by atoms with E-state index in [2.05, 4.69) is 23.3 Å². The zero-order chi connectivity index (χ0) is 40.6. The van der Waals surface area contributed by atoms with Crippen molar-refractivity contribution in [1.29, 1.82) is 0 Å². The maximum absolute atomic E-state index is 12.2. The number of ether oxygens (including phenoxy) is 2. The lowest BCUT2D eigenvalue weighted by Crippen LogP contribution is -2.23. The molecule has 0 heterocycles. The zero-order valence-electron chi connectivity index (χ0n) is 34.6. The minimum atomic E-state index is -0.727. The second kappa shape index (κ2) is 27.2. The van der Waals surface area contributed by atoms with Gasteiger partial charge in [-0.05, 0) is 65.2 Å². The number of rotatable bonds is 26. The molecule has 6 unspecified atom stereocenters. The molecule has 10 nitrogen and oxygen atoms in total. The SMILES string of the molecule is CCCCC(C)(O)C/C=C/[C@H]1C(O)CC(=O)C1CCCCCCC(=O)OC.CCCCC(C)(O)C/C=C/[C@H]1C(O)CC(=O)C1CCCCCCC(=O)OC. The molecule has 8 atom stereocenters. The standard InChI is InChI=1S/2C22H38O5/c2*1-4-5-14-22(2,26)15-10-12-18-17(19(23)16-20(18)24)11-8-6-7-9-13-21(25)27-3/h2*10,12,17-18,20,24,26H,4-9,11,13-16H2,1-3H3/b2*12-10+/t2*17?,18-,20?,22?/m11/s1. The van der Waals surface area contributed by atoms with Crippen molar-refractivity contribution in [2.24, 2.45) is 23.7 Å². The number of hydrogen-bond donors (Lipinski definition) is 4. The molecular formula is C44H76O10. The van der Waals surface area contributed by atoms with E-state index in [9.17, 15) is 39.6 Å². The fraction of sp³-hybridized carbons (Fsp3) is 0.818. The Morgan fingerprint density at radius 3 is 1.31 bits per heavy atom. The number of methoxy groups -OCH3 is 2. The molecule has 4 N–H and O–H groups in total. The van der Waals surface area contributed by atoms with Crippen LogP contribution in [0.25, 0.3) is 0 Å². The van der Waals surface area contributed by atoms with Crippen LogP contribution in [-0.4, -0.2) is 81.6 Å². The summed E-state index contributed by atoms with van der Waals surface area (Å²) in [7, 11) is 2.80. The summed E-state index contributed by atoms with van der Waals surface area (Å²) < 4.78 is 9.25. The first-order chi connectivity index (χ1) is 25.6. The van der Waals surface area contributed by atoms with Gasteiger partial charge in [-0.2, -0.15) is 0 Å². The summed E-state index contributed by atoms with van der Waals surface area (Å²) in [4.78, 5) is 46.6. The summed E-state index contributed by atoms with van der Waals surface area (Å²) in [5.74, 6) is -0.610. The Balaban J connectivity index is 0.000000540. The van der Waals surface area contributed by atoms with Gasteiger partial charge in [0.15, 0.2) is 0 Å². The molecule has 0 aromatic heterocycles. The summed E-state index contributed by atoms with van der Waals surface area (Å²) in [6, 6.07) is 0. The lowest BCUT2D eigenvalue weighted by atomic mass is 9.87. The predicted octanol–water partition coefficient (Wildman–Crippen LogP) is 7.91. The van der Waals surface area contributed by atoms with E-state index in [1.165, 1.54) is 14.2 Å². The van der Waals surface area contributed by atoms with Crippen molar-refractivity contribution in [3.63, 3.8) is 0 Å². The summed E-state index contributed by atoms with van der Waals surface area (Å²) in [5, 5.41) is 41.2. The van der Waals surface area contributed by atoms with Crippen LogP contribution in [0.5, 0.6) is 0 Å². The number of ketones is 2. The molecule has 0 saturated heterocycles. The van der Waals surface area contributed by atoms with Gasteiger partial charge in [0.1, 0.15) is 11.6 Å². The molecule has 0 aromatic carbocycles. The van der Waals surface area contributed by atoms with Crippen molar-refractivity contribution < 1.29 is 49.1 Å². The molecule has 0 radical (unpaired) electrons. The van der Waals surface area contributed by atoms with Gasteiger partial charge < -0.3 is 29.9 Å². The summed E-state index contributed by atoms with van der Waals surface area (Å²) >= 11 is 0. The van der Waals surface area contributed by atoms with Crippen molar-refractivity contribution in [2.75, 3.05) is 14.2 Å². The second-order valence-electron chi connectivity index (χ2n) is 16.4. The predicted molar refractivity (Wildman–Crippen MR) is 212 cm³/mol.